The molecule has 20 heavy (non-hydrogen) atoms. The molecule has 0 aromatic rings. The summed E-state index contributed by atoms with van der Waals surface area (Å²) in [7, 11) is -7.81. The van der Waals surface area contributed by atoms with Crippen LogP contribution in [0.3, 0.4) is 0 Å². The zero-order valence-electron chi connectivity index (χ0n) is 10.6. The smallest absolute Gasteiger partial charge is 0.264 e. The second kappa shape index (κ2) is 6.19. The molecule has 0 aromatic heterocycles. The zero-order valence-corrected chi connectivity index (χ0v) is 12.2. The molecule has 120 valence electrons. The fourth-order valence-electron chi connectivity index (χ4n) is 1.55. The van der Waals surface area contributed by atoms with E-state index in [1.807, 2.05) is 0 Å². The number of hydrogen-bond acceptors (Lipinski definition) is 10. The standard InChI is InChI=1S/C8H16O10S2/c1-19(12,13)16-3-4-5(9)6(10)7(8(11)17-4)18-20(2,14)15/h4-11H,3H2,1-2H3/t4-,5-,6+,7-,8+/m0/s1. The molecule has 5 atom stereocenters. The van der Waals surface area contributed by atoms with Gasteiger partial charge in [0.15, 0.2) is 12.4 Å². The lowest BCUT2D eigenvalue weighted by Gasteiger charge is -2.39. The maximum Gasteiger partial charge on any atom is 0.264 e. The molecule has 0 amide bonds. The van der Waals surface area contributed by atoms with E-state index in [0.29, 0.717) is 6.26 Å². The summed E-state index contributed by atoms with van der Waals surface area (Å²) in [5.74, 6) is 0. The van der Waals surface area contributed by atoms with E-state index >= 15 is 0 Å². The second-order valence-corrected chi connectivity index (χ2v) is 7.54. The van der Waals surface area contributed by atoms with Crippen LogP contribution in [0.5, 0.6) is 0 Å². The molecule has 0 unspecified atom stereocenters. The predicted molar refractivity (Wildman–Crippen MR) is 63.4 cm³/mol. The maximum atomic E-state index is 11.0. The number of rotatable bonds is 5. The first kappa shape index (κ1) is 17.7. The van der Waals surface area contributed by atoms with Crippen LogP contribution < -0.4 is 0 Å². The van der Waals surface area contributed by atoms with Crippen molar-refractivity contribution in [3.05, 3.63) is 0 Å². The Morgan fingerprint density at radius 1 is 1.00 bits per heavy atom. The van der Waals surface area contributed by atoms with E-state index in [1.54, 1.807) is 0 Å². The summed E-state index contributed by atoms with van der Waals surface area (Å²) in [6.07, 6.45) is -7.02. The van der Waals surface area contributed by atoms with Gasteiger partial charge in [-0.1, -0.05) is 0 Å². The molecule has 0 aliphatic carbocycles. The molecule has 1 aliphatic rings. The minimum atomic E-state index is -4.00. The third kappa shape index (κ3) is 5.21. The first-order valence-corrected chi connectivity index (χ1v) is 8.96. The highest BCUT2D eigenvalue weighted by Crippen LogP contribution is 2.23. The quantitative estimate of drug-likeness (QED) is 0.435. The average molecular weight is 336 g/mol. The van der Waals surface area contributed by atoms with E-state index in [9.17, 15) is 32.2 Å². The highest BCUT2D eigenvalue weighted by Gasteiger charge is 2.46. The largest absolute Gasteiger partial charge is 0.387 e. The van der Waals surface area contributed by atoms with E-state index in [2.05, 4.69) is 8.37 Å². The molecular weight excluding hydrogens is 320 g/mol. The lowest BCUT2D eigenvalue weighted by Crippen LogP contribution is -2.59. The summed E-state index contributed by atoms with van der Waals surface area (Å²) in [4.78, 5) is 0. The molecule has 1 fully saturated rings. The molecule has 0 aromatic carbocycles. The topological polar surface area (TPSA) is 157 Å². The second-order valence-electron chi connectivity index (χ2n) is 4.30. The first-order valence-electron chi connectivity index (χ1n) is 5.33. The van der Waals surface area contributed by atoms with Crippen molar-refractivity contribution < 1.29 is 45.3 Å². The van der Waals surface area contributed by atoms with Crippen LogP contribution in [0.2, 0.25) is 0 Å². The van der Waals surface area contributed by atoms with Gasteiger partial charge in [0.1, 0.15) is 18.3 Å². The van der Waals surface area contributed by atoms with Gasteiger partial charge >= 0.3 is 0 Å². The van der Waals surface area contributed by atoms with Crippen LogP contribution in [0, 0.1) is 0 Å². The zero-order chi connectivity index (χ0) is 15.7. The van der Waals surface area contributed by atoms with Gasteiger partial charge in [0.05, 0.1) is 19.1 Å². The normalized spacial score (nSPS) is 36.0. The van der Waals surface area contributed by atoms with Crippen LogP contribution in [0.25, 0.3) is 0 Å². The average Bonchev–Trinajstić information content (AvgIpc) is 2.25. The van der Waals surface area contributed by atoms with Crippen LogP contribution in [0.1, 0.15) is 0 Å². The van der Waals surface area contributed by atoms with Gasteiger partial charge in [0, 0.05) is 0 Å². The van der Waals surface area contributed by atoms with E-state index in [-0.39, 0.29) is 0 Å². The summed E-state index contributed by atoms with van der Waals surface area (Å²) >= 11 is 0. The molecule has 0 spiro atoms. The summed E-state index contributed by atoms with van der Waals surface area (Å²) in [6, 6.07) is 0. The third-order valence-electron chi connectivity index (χ3n) is 2.39. The van der Waals surface area contributed by atoms with Crippen LogP contribution in [-0.4, -0.2) is 82.0 Å². The van der Waals surface area contributed by atoms with Gasteiger partial charge in [-0.25, -0.2) is 0 Å². The Labute approximate surface area is 116 Å². The molecule has 0 radical (unpaired) electrons. The van der Waals surface area contributed by atoms with Gasteiger partial charge in [-0.05, 0) is 0 Å². The fourth-order valence-corrected chi connectivity index (χ4v) is 2.55. The molecular formula is C8H16O10S2. The molecule has 3 N–H and O–H groups in total. The molecule has 1 heterocycles. The predicted octanol–water partition coefficient (Wildman–Crippen LogP) is -3.25. The lowest BCUT2D eigenvalue weighted by molar-refractivity contribution is -0.278. The maximum absolute atomic E-state index is 11.0. The molecule has 12 heteroatoms. The van der Waals surface area contributed by atoms with Gasteiger partial charge in [-0.2, -0.15) is 16.8 Å². The highest BCUT2D eigenvalue weighted by molar-refractivity contribution is 7.86. The number of ether oxygens (including phenoxy) is 1. The summed E-state index contributed by atoms with van der Waals surface area (Å²) in [5, 5.41) is 28.9. The van der Waals surface area contributed by atoms with Crippen LogP contribution in [0.15, 0.2) is 0 Å². The van der Waals surface area contributed by atoms with E-state index < -0.39 is 57.5 Å². The van der Waals surface area contributed by atoms with Crippen LogP contribution in [-0.2, 0) is 33.3 Å². The lowest BCUT2D eigenvalue weighted by atomic mass is 9.99. The van der Waals surface area contributed by atoms with Crippen molar-refractivity contribution in [3.8, 4) is 0 Å². The summed E-state index contributed by atoms with van der Waals surface area (Å²) in [5.41, 5.74) is 0. The Morgan fingerprint density at radius 2 is 1.55 bits per heavy atom. The highest BCUT2D eigenvalue weighted by atomic mass is 32.2. The van der Waals surface area contributed by atoms with E-state index in [0.717, 1.165) is 6.26 Å². The molecule has 1 aliphatic heterocycles. The Kier molecular flexibility index (Phi) is 5.48. The van der Waals surface area contributed by atoms with Gasteiger partial charge < -0.3 is 20.1 Å². The number of hydrogen-bond donors (Lipinski definition) is 3. The minimum absolute atomic E-state index is 0.653. The van der Waals surface area contributed by atoms with Crippen molar-refractivity contribution in [1.29, 1.82) is 0 Å². The Bertz CT molecular complexity index is 523. The molecule has 0 bridgehead atoms. The molecule has 1 rings (SSSR count). The fraction of sp³-hybridized carbons (Fsp3) is 1.00. The van der Waals surface area contributed by atoms with Crippen molar-refractivity contribution in [2.75, 3.05) is 19.1 Å². The van der Waals surface area contributed by atoms with Gasteiger partial charge in [-0.15, -0.1) is 0 Å². The van der Waals surface area contributed by atoms with Gasteiger partial charge in [-0.3, -0.25) is 8.37 Å². The van der Waals surface area contributed by atoms with Crippen LogP contribution in [0.4, 0.5) is 0 Å². The SMILES string of the molecule is CS(=O)(=O)OC[C@@H]1O[C@@H](O)[C@@H](OS(C)(=O)=O)[C@H](O)[C@H]1O. The Morgan fingerprint density at radius 3 is 2.00 bits per heavy atom. The van der Waals surface area contributed by atoms with Crippen LogP contribution >= 0.6 is 0 Å². The van der Waals surface area contributed by atoms with Gasteiger partial charge in [0.25, 0.3) is 20.2 Å². The van der Waals surface area contributed by atoms with Crippen molar-refractivity contribution in [2.45, 2.75) is 30.7 Å². The van der Waals surface area contributed by atoms with Crippen molar-refractivity contribution in [2.24, 2.45) is 0 Å². The number of aliphatic hydroxyl groups is 3. The summed E-state index contributed by atoms with van der Waals surface area (Å²) < 4.78 is 57.1. The van der Waals surface area contributed by atoms with Crippen molar-refractivity contribution in [3.63, 3.8) is 0 Å². The number of aliphatic hydroxyl groups excluding tert-OH is 3. The van der Waals surface area contributed by atoms with Crippen molar-refractivity contribution >= 4 is 20.2 Å². The van der Waals surface area contributed by atoms with E-state index in [4.69, 9.17) is 4.74 Å². The molecule has 10 nitrogen and oxygen atoms in total. The van der Waals surface area contributed by atoms with E-state index in [1.165, 1.54) is 0 Å². The third-order valence-corrected chi connectivity index (χ3v) is 3.53. The van der Waals surface area contributed by atoms with Crippen molar-refractivity contribution in [1.82, 2.24) is 0 Å². The summed E-state index contributed by atoms with van der Waals surface area (Å²) in [6.45, 7) is -0.653. The van der Waals surface area contributed by atoms with Gasteiger partial charge in [0.2, 0.25) is 0 Å². The Balaban J connectivity index is 2.76. The molecule has 1 saturated heterocycles. The first-order chi connectivity index (χ1) is 8.91. The molecule has 0 saturated carbocycles. The Hall–Kier alpha value is -0.340. The minimum Gasteiger partial charge on any atom is -0.387 e. The monoisotopic (exact) mass is 336 g/mol.